The van der Waals surface area contributed by atoms with Crippen LogP contribution in [-0.2, 0) is 10.3 Å². The van der Waals surface area contributed by atoms with Crippen LogP contribution in [-0.4, -0.2) is 39.6 Å². The molecule has 5 rings (SSSR count). The van der Waals surface area contributed by atoms with Crippen LogP contribution in [0.5, 0.6) is 0 Å². The Balaban J connectivity index is 1.49. The SMILES string of the molecule is O=C(CCC1(c2ccc(Br)cc2)c2ccccc2-c2nccn21)N1CCCC(C(F)(F)F)C1. The van der Waals surface area contributed by atoms with E-state index in [1.807, 2.05) is 48.7 Å². The highest BCUT2D eigenvalue weighted by atomic mass is 79.9. The van der Waals surface area contributed by atoms with Crippen molar-refractivity contribution in [2.24, 2.45) is 5.92 Å². The molecule has 172 valence electrons. The van der Waals surface area contributed by atoms with Gasteiger partial charge in [-0.1, -0.05) is 52.3 Å². The second-order valence-corrected chi connectivity index (χ2v) is 9.67. The van der Waals surface area contributed by atoms with Crippen molar-refractivity contribution in [2.75, 3.05) is 13.1 Å². The Hall–Kier alpha value is -2.61. The van der Waals surface area contributed by atoms with Gasteiger partial charge in [0, 0.05) is 41.9 Å². The van der Waals surface area contributed by atoms with E-state index in [2.05, 4.69) is 31.5 Å². The summed E-state index contributed by atoms with van der Waals surface area (Å²) in [6.45, 7) is 0.129. The zero-order valence-electron chi connectivity index (χ0n) is 17.9. The second kappa shape index (κ2) is 8.31. The van der Waals surface area contributed by atoms with Crippen molar-refractivity contribution < 1.29 is 18.0 Å². The first kappa shape index (κ1) is 22.2. The third-order valence-corrected chi connectivity index (χ3v) is 7.45. The fourth-order valence-corrected chi connectivity index (χ4v) is 5.58. The molecule has 0 bridgehead atoms. The van der Waals surface area contributed by atoms with E-state index in [-0.39, 0.29) is 25.3 Å². The average molecular weight is 518 g/mol. The van der Waals surface area contributed by atoms with E-state index in [4.69, 9.17) is 0 Å². The van der Waals surface area contributed by atoms with Gasteiger partial charge >= 0.3 is 6.18 Å². The van der Waals surface area contributed by atoms with E-state index in [9.17, 15) is 18.0 Å². The molecule has 1 fully saturated rings. The molecule has 0 radical (unpaired) electrons. The van der Waals surface area contributed by atoms with Gasteiger partial charge in [-0.25, -0.2) is 4.98 Å². The van der Waals surface area contributed by atoms with Crippen LogP contribution in [0.1, 0.15) is 36.8 Å². The quantitative estimate of drug-likeness (QED) is 0.425. The number of aromatic nitrogens is 2. The minimum Gasteiger partial charge on any atom is -0.342 e. The summed E-state index contributed by atoms with van der Waals surface area (Å²) in [5, 5.41) is 0. The topological polar surface area (TPSA) is 38.1 Å². The molecule has 1 amide bonds. The lowest BCUT2D eigenvalue weighted by atomic mass is 9.79. The molecule has 1 saturated heterocycles. The summed E-state index contributed by atoms with van der Waals surface area (Å²) in [6, 6.07) is 16.0. The summed E-state index contributed by atoms with van der Waals surface area (Å²) in [6.07, 6.45) is 0.438. The number of benzene rings is 2. The number of fused-ring (bicyclic) bond motifs is 3. The first-order valence-electron chi connectivity index (χ1n) is 11.0. The summed E-state index contributed by atoms with van der Waals surface area (Å²) in [5.74, 6) is -0.842. The molecule has 8 heteroatoms. The monoisotopic (exact) mass is 517 g/mol. The van der Waals surface area contributed by atoms with Gasteiger partial charge in [0.15, 0.2) is 0 Å². The number of hydrogen-bond acceptors (Lipinski definition) is 2. The van der Waals surface area contributed by atoms with E-state index >= 15 is 0 Å². The fourth-order valence-electron chi connectivity index (χ4n) is 5.32. The fraction of sp³-hybridized carbons (Fsp3) is 0.360. The van der Waals surface area contributed by atoms with Gasteiger partial charge in [-0.3, -0.25) is 4.79 Å². The Bertz CT molecular complexity index is 1170. The van der Waals surface area contributed by atoms with E-state index in [0.29, 0.717) is 19.4 Å². The number of imidazole rings is 1. The van der Waals surface area contributed by atoms with Crippen molar-refractivity contribution in [3.05, 3.63) is 76.5 Å². The molecule has 0 aliphatic carbocycles. The predicted molar refractivity (Wildman–Crippen MR) is 123 cm³/mol. The van der Waals surface area contributed by atoms with Gasteiger partial charge in [-0.15, -0.1) is 0 Å². The lowest BCUT2D eigenvalue weighted by Gasteiger charge is -2.36. The van der Waals surface area contributed by atoms with Gasteiger partial charge in [-0.05, 0) is 42.5 Å². The number of carbonyl (C=O) groups is 1. The predicted octanol–water partition coefficient (Wildman–Crippen LogP) is 6.00. The number of likely N-dealkylation sites (tertiary alicyclic amines) is 1. The van der Waals surface area contributed by atoms with Crippen molar-refractivity contribution in [1.29, 1.82) is 0 Å². The number of amides is 1. The molecule has 4 nitrogen and oxygen atoms in total. The third-order valence-electron chi connectivity index (χ3n) is 6.92. The minimum absolute atomic E-state index is 0.0852. The van der Waals surface area contributed by atoms with Crippen LogP contribution in [0.2, 0.25) is 0 Å². The standard InChI is InChI=1S/C25H23BrF3N3O/c26-19-9-7-17(8-10-19)24(21-6-2-1-5-20(21)23-30-13-15-32(23)24)12-11-22(33)31-14-3-4-18(16-31)25(27,28)29/h1-2,5-10,13,15,18H,3-4,11-12,14,16H2. The van der Waals surface area contributed by atoms with Gasteiger partial charge in [0.2, 0.25) is 5.91 Å². The lowest BCUT2D eigenvalue weighted by molar-refractivity contribution is -0.188. The molecule has 2 unspecified atom stereocenters. The molecule has 3 heterocycles. The van der Waals surface area contributed by atoms with E-state index in [1.165, 1.54) is 4.90 Å². The maximum absolute atomic E-state index is 13.3. The van der Waals surface area contributed by atoms with E-state index in [0.717, 1.165) is 27.0 Å². The van der Waals surface area contributed by atoms with E-state index in [1.54, 1.807) is 6.20 Å². The zero-order chi connectivity index (χ0) is 23.2. The van der Waals surface area contributed by atoms with Gasteiger partial charge in [0.25, 0.3) is 0 Å². The molecular formula is C25H23BrF3N3O. The van der Waals surface area contributed by atoms with E-state index < -0.39 is 17.6 Å². The molecular weight excluding hydrogens is 495 g/mol. The van der Waals surface area contributed by atoms with Gasteiger partial charge in [-0.2, -0.15) is 13.2 Å². The maximum Gasteiger partial charge on any atom is 0.393 e. The number of carbonyl (C=O) groups excluding carboxylic acids is 1. The number of halogens is 4. The van der Waals surface area contributed by atoms with Crippen LogP contribution in [0.3, 0.4) is 0 Å². The molecule has 0 spiro atoms. The largest absolute Gasteiger partial charge is 0.393 e. The van der Waals surface area contributed by atoms with Crippen molar-refractivity contribution >= 4 is 21.8 Å². The first-order valence-corrected chi connectivity index (χ1v) is 11.8. The summed E-state index contributed by atoms with van der Waals surface area (Å²) < 4.78 is 42.8. The summed E-state index contributed by atoms with van der Waals surface area (Å²) in [4.78, 5) is 19.1. The summed E-state index contributed by atoms with van der Waals surface area (Å²) >= 11 is 3.49. The minimum atomic E-state index is -4.27. The smallest absolute Gasteiger partial charge is 0.342 e. The highest BCUT2D eigenvalue weighted by Gasteiger charge is 2.46. The summed E-state index contributed by atoms with van der Waals surface area (Å²) in [5.41, 5.74) is 2.41. The van der Waals surface area contributed by atoms with Gasteiger partial charge in [0.1, 0.15) is 5.82 Å². The van der Waals surface area contributed by atoms with Crippen LogP contribution >= 0.6 is 15.9 Å². The second-order valence-electron chi connectivity index (χ2n) is 8.75. The van der Waals surface area contributed by atoms with Crippen molar-refractivity contribution in [3.63, 3.8) is 0 Å². The maximum atomic E-state index is 13.3. The Morgan fingerprint density at radius 3 is 2.67 bits per heavy atom. The molecule has 2 atom stereocenters. The average Bonchev–Trinajstić information content (AvgIpc) is 3.39. The molecule has 2 aliphatic heterocycles. The molecule has 0 saturated carbocycles. The molecule has 0 N–H and O–H groups in total. The first-order chi connectivity index (χ1) is 15.8. The van der Waals surface area contributed by atoms with Crippen LogP contribution in [0, 0.1) is 5.92 Å². The Labute approximate surface area is 198 Å². The van der Waals surface area contributed by atoms with Crippen molar-refractivity contribution in [3.8, 4) is 11.4 Å². The van der Waals surface area contributed by atoms with Crippen LogP contribution in [0.25, 0.3) is 11.4 Å². The molecule has 33 heavy (non-hydrogen) atoms. The van der Waals surface area contributed by atoms with Crippen molar-refractivity contribution in [1.82, 2.24) is 14.5 Å². The van der Waals surface area contributed by atoms with Crippen LogP contribution in [0.4, 0.5) is 13.2 Å². The third kappa shape index (κ3) is 3.78. The van der Waals surface area contributed by atoms with Crippen LogP contribution in [0.15, 0.2) is 65.4 Å². The van der Waals surface area contributed by atoms with Gasteiger partial charge in [0.05, 0.1) is 11.5 Å². The zero-order valence-corrected chi connectivity index (χ0v) is 19.4. The van der Waals surface area contributed by atoms with Gasteiger partial charge < -0.3 is 9.47 Å². The number of piperidine rings is 1. The normalized spacial score (nSPS) is 22.2. The number of rotatable bonds is 4. The highest BCUT2D eigenvalue weighted by Crippen LogP contribution is 2.49. The molecule has 3 aromatic rings. The Morgan fingerprint density at radius 1 is 1.15 bits per heavy atom. The number of nitrogens with zero attached hydrogens (tertiary/aromatic N) is 3. The molecule has 2 aromatic carbocycles. The van der Waals surface area contributed by atoms with Crippen molar-refractivity contribution in [2.45, 2.75) is 37.4 Å². The summed E-state index contributed by atoms with van der Waals surface area (Å²) in [7, 11) is 0. The molecule has 1 aromatic heterocycles. The number of alkyl halides is 3. The van der Waals surface area contributed by atoms with Crippen LogP contribution < -0.4 is 0 Å². The Morgan fingerprint density at radius 2 is 1.91 bits per heavy atom. The number of hydrogen-bond donors (Lipinski definition) is 0. The Kier molecular flexibility index (Phi) is 5.59. The molecule has 2 aliphatic rings. The highest BCUT2D eigenvalue weighted by molar-refractivity contribution is 9.10. The lowest BCUT2D eigenvalue weighted by Crippen LogP contribution is -2.45.